The van der Waals surface area contributed by atoms with Crippen LogP contribution in [0.3, 0.4) is 0 Å². The first kappa shape index (κ1) is 15.1. The van der Waals surface area contributed by atoms with E-state index in [0.29, 0.717) is 12.5 Å². The topological polar surface area (TPSA) is 29.1 Å². The van der Waals surface area contributed by atoms with Gasteiger partial charge in [-0.05, 0) is 32.4 Å². The molecule has 3 heteroatoms. The second kappa shape index (κ2) is 8.20. The van der Waals surface area contributed by atoms with E-state index >= 15 is 0 Å². The van der Waals surface area contributed by atoms with Gasteiger partial charge in [0.25, 0.3) is 0 Å². The highest BCUT2D eigenvalue weighted by molar-refractivity contribution is 7.99. The van der Waals surface area contributed by atoms with Crippen LogP contribution in [0.15, 0.2) is 29.2 Å². The number of rotatable bonds is 7. The molecular formula is C15H23NOS. The van der Waals surface area contributed by atoms with E-state index in [1.165, 1.54) is 10.5 Å². The fraction of sp³-hybridized carbons (Fsp3) is 0.533. The van der Waals surface area contributed by atoms with Gasteiger partial charge in [-0.15, -0.1) is 11.8 Å². The monoisotopic (exact) mass is 265 g/mol. The van der Waals surface area contributed by atoms with Crippen molar-refractivity contribution < 1.29 is 4.79 Å². The van der Waals surface area contributed by atoms with E-state index in [9.17, 15) is 4.79 Å². The normalized spacial score (nSPS) is 12.2. The molecular weight excluding hydrogens is 242 g/mol. The molecule has 0 radical (unpaired) electrons. The summed E-state index contributed by atoms with van der Waals surface area (Å²) in [6.45, 7) is 6.28. The summed E-state index contributed by atoms with van der Waals surface area (Å²) in [4.78, 5) is 12.9. The van der Waals surface area contributed by atoms with Crippen molar-refractivity contribution in [3.05, 3.63) is 29.8 Å². The Morgan fingerprint density at radius 3 is 2.61 bits per heavy atom. The Kier molecular flexibility index (Phi) is 6.88. The van der Waals surface area contributed by atoms with Crippen LogP contribution in [0.25, 0.3) is 0 Å². The first-order valence-electron chi connectivity index (χ1n) is 6.60. The molecule has 0 aliphatic carbocycles. The minimum absolute atomic E-state index is 0.163. The number of thioether (sulfide) groups is 1. The molecule has 0 bridgehead atoms. The van der Waals surface area contributed by atoms with Crippen molar-refractivity contribution in [3.8, 4) is 0 Å². The minimum Gasteiger partial charge on any atom is -0.354 e. The number of amides is 1. The summed E-state index contributed by atoms with van der Waals surface area (Å²) in [7, 11) is 0. The molecule has 0 aliphatic heterocycles. The number of hydrogen-bond donors (Lipinski definition) is 1. The molecule has 0 aliphatic rings. The maximum atomic E-state index is 11.6. The van der Waals surface area contributed by atoms with Crippen LogP contribution in [0.2, 0.25) is 0 Å². The number of aryl methyl sites for hydroxylation is 1. The maximum Gasteiger partial charge on any atom is 0.221 e. The van der Waals surface area contributed by atoms with Gasteiger partial charge in [0.2, 0.25) is 5.91 Å². The van der Waals surface area contributed by atoms with E-state index in [-0.39, 0.29) is 5.91 Å². The lowest BCUT2D eigenvalue weighted by Crippen LogP contribution is -2.32. The minimum atomic E-state index is 0.163. The Labute approximate surface area is 115 Å². The van der Waals surface area contributed by atoms with Crippen LogP contribution >= 0.6 is 11.8 Å². The van der Waals surface area contributed by atoms with Gasteiger partial charge in [0.05, 0.1) is 0 Å². The summed E-state index contributed by atoms with van der Waals surface area (Å²) in [6.07, 6.45) is 2.75. The Balaban J connectivity index is 2.21. The lowest BCUT2D eigenvalue weighted by molar-refractivity contribution is -0.121. The number of benzene rings is 1. The molecule has 0 heterocycles. The van der Waals surface area contributed by atoms with Crippen molar-refractivity contribution in [2.75, 3.05) is 5.75 Å². The van der Waals surface area contributed by atoms with Gasteiger partial charge in [-0.25, -0.2) is 0 Å². The largest absolute Gasteiger partial charge is 0.354 e. The van der Waals surface area contributed by atoms with Crippen LogP contribution in [0, 0.1) is 6.92 Å². The predicted molar refractivity (Wildman–Crippen MR) is 79.0 cm³/mol. The smallest absolute Gasteiger partial charge is 0.221 e. The summed E-state index contributed by atoms with van der Waals surface area (Å²) >= 11 is 1.74. The lowest BCUT2D eigenvalue weighted by atomic mass is 10.2. The van der Waals surface area contributed by atoms with Gasteiger partial charge in [-0.1, -0.05) is 31.0 Å². The highest BCUT2D eigenvalue weighted by atomic mass is 32.2. The van der Waals surface area contributed by atoms with Crippen LogP contribution < -0.4 is 5.32 Å². The molecule has 1 aromatic carbocycles. The third-order valence-electron chi connectivity index (χ3n) is 2.75. The van der Waals surface area contributed by atoms with Crippen LogP contribution in [0.5, 0.6) is 0 Å². The van der Waals surface area contributed by atoms with Crippen molar-refractivity contribution in [3.63, 3.8) is 0 Å². The fourth-order valence-corrected chi connectivity index (χ4v) is 2.60. The van der Waals surface area contributed by atoms with Crippen molar-refractivity contribution in [1.29, 1.82) is 0 Å². The number of carbonyl (C=O) groups excluding carboxylic acids is 1. The van der Waals surface area contributed by atoms with E-state index in [2.05, 4.69) is 50.4 Å². The second-order valence-corrected chi connectivity index (χ2v) is 5.84. The molecule has 1 aromatic rings. The van der Waals surface area contributed by atoms with E-state index < -0.39 is 0 Å². The molecule has 1 N–H and O–H groups in total. The molecule has 0 unspecified atom stereocenters. The van der Waals surface area contributed by atoms with Gasteiger partial charge in [-0.3, -0.25) is 4.79 Å². The second-order valence-electron chi connectivity index (χ2n) is 4.67. The number of hydrogen-bond acceptors (Lipinski definition) is 2. The Morgan fingerprint density at radius 1 is 1.33 bits per heavy atom. The molecule has 2 nitrogen and oxygen atoms in total. The molecule has 0 saturated carbocycles. The van der Waals surface area contributed by atoms with E-state index in [0.717, 1.165) is 18.6 Å². The molecule has 1 atom stereocenters. The molecule has 100 valence electrons. The van der Waals surface area contributed by atoms with Crippen LogP contribution in [-0.2, 0) is 4.79 Å². The quantitative estimate of drug-likeness (QED) is 0.760. The molecule has 1 amide bonds. The third-order valence-corrected chi connectivity index (χ3v) is 3.76. The van der Waals surface area contributed by atoms with E-state index in [4.69, 9.17) is 0 Å². The zero-order chi connectivity index (χ0) is 13.4. The van der Waals surface area contributed by atoms with Gasteiger partial charge in [0.15, 0.2) is 0 Å². The molecule has 0 aromatic heterocycles. The van der Waals surface area contributed by atoms with Crippen LogP contribution in [-0.4, -0.2) is 17.7 Å². The van der Waals surface area contributed by atoms with Gasteiger partial charge < -0.3 is 5.32 Å². The standard InChI is InChI=1S/C15H23NOS/c1-4-5-13(3)16-15(17)10-11-18-14-8-6-12(2)7-9-14/h6-9,13H,4-5,10-11H2,1-3H3,(H,16,17)/t13-/m1/s1. The summed E-state index contributed by atoms with van der Waals surface area (Å²) < 4.78 is 0. The van der Waals surface area contributed by atoms with Gasteiger partial charge in [0, 0.05) is 23.1 Å². The number of nitrogens with one attached hydrogen (secondary N) is 1. The molecule has 18 heavy (non-hydrogen) atoms. The average Bonchev–Trinajstić information content (AvgIpc) is 2.32. The van der Waals surface area contributed by atoms with Crippen LogP contribution in [0.1, 0.15) is 38.7 Å². The van der Waals surface area contributed by atoms with Gasteiger partial charge >= 0.3 is 0 Å². The highest BCUT2D eigenvalue weighted by Crippen LogP contribution is 2.18. The molecule has 1 rings (SSSR count). The zero-order valence-electron chi connectivity index (χ0n) is 11.5. The van der Waals surface area contributed by atoms with Crippen molar-refractivity contribution >= 4 is 17.7 Å². The first-order valence-corrected chi connectivity index (χ1v) is 7.59. The summed E-state index contributed by atoms with van der Waals surface area (Å²) in [5.41, 5.74) is 1.27. The summed E-state index contributed by atoms with van der Waals surface area (Å²) in [5.74, 6) is 1.00. The summed E-state index contributed by atoms with van der Waals surface area (Å²) in [5, 5.41) is 3.02. The van der Waals surface area contributed by atoms with Gasteiger partial charge in [0.1, 0.15) is 0 Å². The molecule has 0 spiro atoms. The number of carbonyl (C=O) groups is 1. The van der Waals surface area contributed by atoms with Crippen molar-refractivity contribution in [2.45, 2.75) is 51.0 Å². The Morgan fingerprint density at radius 2 is 2.00 bits per heavy atom. The van der Waals surface area contributed by atoms with E-state index in [1.54, 1.807) is 11.8 Å². The lowest BCUT2D eigenvalue weighted by Gasteiger charge is -2.12. The molecule has 0 saturated heterocycles. The Hall–Kier alpha value is -0.960. The van der Waals surface area contributed by atoms with Crippen molar-refractivity contribution in [2.24, 2.45) is 0 Å². The predicted octanol–water partition coefficient (Wildman–Crippen LogP) is 3.78. The average molecular weight is 265 g/mol. The van der Waals surface area contributed by atoms with E-state index in [1.807, 2.05) is 0 Å². The fourth-order valence-electron chi connectivity index (χ4n) is 1.75. The Bertz CT molecular complexity index is 361. The molecule has 0 fully saturated rings. The third kappa shape index (κ3) is 6.10. The van der Waals surface area contributed by atoms with Crippen LogP contribution in [0.4, 0.5) is 0 Å². The first-order chi connectivity index (χ1) is 8.61. The van der Waals surface area contributed by atoms with Crippen molar-refractivity contribution in [1.82, 2.24) is 5.32 Å². The highest BCUT2D eigenvalue weighted by Gasteiger charge is 2.06. The SMILES string of the molecule is CCC[C@@H](C)NC(=O)CCSc1ccc(C)cc1. The maximum absolute atomic E-state index is 11.6. The summed E-state index contributed by atoms with van der Waals surface area (Å²) in [6, 6.07) is 8.72. The van der Waals surface area contributed by atoms with Gasteiger partial charge in [-0.2, -0.15) is 0 Å². The zero-order valence-corrected chi connectivity index (χ0v) is 12.3.